The first-order valence-electron chi connectivity index (χ1n) is 8.65. The lowest BCUT2D eigenvalue weighted by Crippen LogP contribution is -2.38. The predicted molar refractivity (Wildman–Crippen MR) is 107 cm³/mol. The van der Waals surface area contributed by atoms with E-state index in [0.29, 0.717) is 23.3 Å². The number of ether oxygens (including phenoxy) is 1. The van der Waals surface area contributed by atoms with Crippen molar-refractivity contribution < 1.29 is 13.2 Å². The topological polar surface area (TPSA) is 72.4 Å². The minimum absolute atomic E-state index is 0.140. The van der Waals surface area contributed by atoms with Crippen molar-refractivity contribution in [3.05, 3.63) is 59.3 Å². The molecule has 0 saturated carbocycles. The van der Waals surface area contributed by atoms with Gasteiger partial charge in [0.25, 0.3) is 10.0 Å². The second-order valence-electron chi connectivity index (χ2n) is 6.33. The fourth-order valence-electron chi connectivity index (χ4n) is 3.22. The molecule has 1 aliphatic rings. The first-order chi connectivity index (χ1) is 13.1. The Kier molecular flexibility index (Phi) is 5.12. The third kappa shape index (κ3) is 3.69. The standard InChI is InChI=1S/C19H18BrN3O3S/c20-14-8-9-19(22-12-14)23(13-15-4-3-11-26-15)27(24,25)18-7-1-6-17-16(18)5-2-10-21-17/h1-2,5-10,12,15H,3-4,11,13H2. The van der Waals surface area contributed by atoms with Crippen LogP contribution in [0.25, 0.3) is 10.9 Å². The Morgan fingerprint density at radius 2 is 2.04 bits per heavy atom. The molecule has 1 atom stereocenters. The highest BCUT2D eigenvalue weighted by molar-refractivity contribution is 9.10. The summed E-state index contributed by atoms with van der Waals surface area (Å²) in [6.45, 7) is 0.887. The number of aromatic nitrogens is 2. The minimum atomic E-state index is -3.85. The zero-order valence-corrected chi connectivity index (χ0v) is 16.9. The third-order valence-corrected chi connectivity index (χ3v) is 6.83. The van der Waals surface area contributed by atoms with E-state index in [0.717, 1.165) is 17.3 Å². The van der Waals surface area contributed by atoms with Gasteiger partial charge in [0.1, 0.15) is 5.82 Å². The third-order valence-electron chi connectivity index (χ3n) is 4.53. The molecule has 0 amide bonds. The molecule has 8 heteroatoms. The van der Waals surface area contributed by atoms with Gasteiger partial charge in [-0.15, -0.1) is 0 Å². The average Bonchev–Trinajstić information content (AvgIpc) is 3.20. The van der Waals surface area contributed by atoms with E-state index in [4.69, 9.17) is 4.74 Å². The van der Waals surface area contributed by atoms with Crippen molar-refractivity contribution in [1.29, 1.82) is 0 Å². The Morgan fingerprint density at radius 1 is 1.15 bits per heavy atom. The highest BCUT2D eigenvalue weighted by Crippen LogP contribution is 2.29. The fraction of sp³-hybridized carbons (Fsp3) is 0.263. The molecule has 0 radical (unpaired) electrons. The summed E-state index contributed by atoms with van der Waals surface area (Å²) in [4.78, 5) is 8.81. The summed E-state index contributed by atoms with van der Waals surface area (Å²) in [6, 6.07) is 12.1. The van der Waals surface area contributed by atoms with Crippen LogP contribution in [0.15, 0.2) is 64.2 Å². The zero-order chi connectivity index (χ0) is 18.9. The Bertz CT molecular complexity index is 1050. The second kappa shape index (κ2) is 7.53. The second-order valence-corrected chi connectivity index (χ2v) is 9.08. The van der Waals surface area contributed by atoms with E-state index in [9.17, 15) is 8.42 Å². The van der Waals surface area contributed by atoms with Gasteiger partial charge in [0.05, 0.1) is 23.1 Å². The maximum Gasteiger partial charge on any atom is 0.266 e. The van der Waals surface area contributed by atoms with Gasteiger partial charge in [0, 0.05) is 28.9 Å². The Morgan fingerprint density at radius 3 is 2.78 bits per heavy atom. The van der Waals surface area contributed by atoms with Gasteiger partial charge in [-0.2, -0.15) is 0 Å². The molecular formula is C19H18BrN3O3S. The van der Waals surface area contributed by atoms with Crippen molar-refractivity contribution in [2.24, 2.45) is 0 Å². The lowest BCUT2D eigenvalue weighted by atomic mass is 10.2. The van der Waals surface area contributed by atoms with E-state index < -0.39 is 10.0 Å². The molecule has 1 unspecified atom stereocenters. The van der Waals surface area contributed by atoms with Gasteiger partial charge in [0.15, 0.2) is 0 Å². The van der Waals surface area contributed by atoms with E-state index in [1.165, 1.54) is 4.31 Å². The molecule has 0 aliphatic carbocycles. The molecule has 140 valence electrons. The van der Waals surface area contributed by atoms with Crippen LogP contribution in [0.2, 0.25) is 0 Å². The smallest absolute Gasteiger partial charge is 0.266 e. The number of hydrogen-bond acceptors (Lipinski definition) is 5. The van der Waals surface area contributed by atoms with Crippen molar-refractivity contribution in [1.82, 2.24) is 9.97 Å². The molecule has 3 heterocycles. The number of sulfonamides is 1. The maximum atomic E-state index is 13.6. The Balaban J connectivity index is 1.82. The van der Waals surface area contributed by atoms with E-state index in [1.807, 2.05) is 0 Å². The number of halogens is 1. The lowest BCUT2D eigenvalue weighted by molar-refractivity contribution is 0.118. The van der Waals surface area contributed by atoms with Crippen LogP contribution in [0.1, 0.15) is 12.8 Å². The van der Waals surface area contributed by atoms with Crippen LogP contribution in [0.3, 0.4) is 0 Å². The van der Waals surface area contributed by atoms with Gasteiger partial charge in [0.2, 0.25) is 0 Å². The SMILES string of the molecule is O=S(=O)(c1cccc2ncccc12)N(CC1CCCO1)c1ccc(Br)cn1. The molecular weight excluding hydrogens is 430 g/mol. The molecule has 1 aliphatic heterocycles. The van der Waals surface area contributed by atoms with Crippen LogP contribution >= 0.6 is 15.9 Å². The number of hydrogen-bond donors (Lipinski definition) is 0. The first-order valence-corrected chi connectivity index (χ1v) is 10.9. The summed E-state index contributed by atoms with van der Waals surface area (Å²) in [5.41, 5.74) is 0.638. The Labute approximate surface area is 166 Å². The molecule has 4 rings (SSSR count). The van der Waals surface area contributed by atoms with Gasteiger partial charge in [-0.3, -0.25) is 4.98 Å². The Hall–Kier alpha value is -2.03. The van der Waals surface area contributed by atoms with Gasteiger partial charge >= 0.3 is 0 Å². The highest BCUT2D eigenvalue weighted by atomic mass is 79.9. The average molecular weight is 448 g/mol. The van der Waals surface area contributed by atoms with Crippen LogP contribution in [0.5, 0.6) is 0 Å². The molecule has 0 spiro atoms. The number of benzene rings is 1. The minimum Gasteiger partial charge on any atom is -0.376 e. The molecule has 3 aromatic rings. The van der Waals surface area contributed by atoms with E-state index >= 15 is 0 Å². The van der Waals surface area contributed by atoms with E-state index in [1.54, 1.807) is 54.9 Å². The molecule has 1 fully saturated rings. The zero-order valence-electron chi connectivity index (χ0n) is 14.5. The highest BCUT2D eigenvalue weighted by Gasteiger charge is 2.31. The normalized spacial score (nSPS) is 17.3. The van der Waals surface area contributed by atoms with Crippen LogP contribution in [0, 0.1) is 0 Å². The van der Waals surface area contributed by atoms with Crippen LogP contribution in [-0.4, -0.2) is 37.6 Å². The summed E-state index contributed by atoms with van der Waals surface area (Å²) in [6.07, 6.45) is 4.87. The van der Waals surface area contributed by atoms with Crippen LogP contribution in [-0.2, 0) is 14.8 Å². The summed E-state index contributed by atoms with van der Waals surface area (Å²) < 4.78 is 35.0. The van der Waals surface area contributed by atoms with Crippen molar-refractivity contribution in [3.63, 3.8) is 0 Å². The van der Waals surface area contributed by atoms with Crippen molar-refractivity contribution in [2.45, 2.75) is 23.8 Å². The van der Waals surface area contributed by atoms with Crippen LogP contribution in [0.4, 0.5) is 5.82 Å². The predicted octanol–water partition coefficient (Wildman–Crippen LogP) is 3.77. The molecule has 27 heavy (non-hydrogen) atoms. The monoisotopic (exact) mass is 447 g/mol. The van der Waals surface area contributed by atoms with Gasteiger partial charge in [-0.1, -0.05) is 6.07 Å². The van der Waals surface area contributed by atoms with Crippen molar-refractivity contribution >= 4 is 42.7 Å². The molecule has 6 nitrogen and oxygen atoms in total. The fourth-order valence-corrected chi connectivity index (χ4v) is 5.11. The molecule has 1 saturated heterocycles. The summed E-state index contributed by atoms with van der Waals surface area (Å²) in [7, 11) is -3.85. The first kappa shape index (κ1) is 18.3. The number of nitrogens with zero attached hydrogens (tertiary/aromatic N) is 3. The van der Waals surface area contributed by atoms with Gasteiger partial charge < -0.3 is 4.74 Å². The van der Waals surface area contributed by atoms with Crippen molar-refractivity contribution in [2.75, 3.05) is 17.5 Å². The van der Waals surface area contributed by atoms with Crippen LogP contribution < -0.4 is 4.31 Å². The largest absolute Gasteiger partial charge is 0.376 e. The summed E-state index contributed by atoms with van der Waals surface area (Å²) >= 11 is 3.35. The number of pyridine rings is 2. The van der Waals surface area contributed by atoms with Crippen molar-refractivity contribution in [3.8, 4) is 0 Å². The number of anilines is 1. The lowest BCUT2D eigenvalue weighted by Gasteiger charge is -2.26. The molecule has 1 aromatic carbocycles. The molecule has 2 aromatic heterocycles. The van der Waals surface area contributed by atoms with E-state index in [-0.39, 0.29) is 17.5 Å². The quantitative estimate of drug-likeness (QED) is 0.594. The van der Waals surface area contributed by atoms with E-state index in [2.05, 4.69) is 25.9 Å². The van der Waals surface area contributed by atoms with Gasteiger partial charge in [-0.05, 0) is 65.2 Å². The summed E-state index contributed by atoms with van der Waals surface area (Å²) in [5, 5.41) is 0.592. The molecule has 0 N–H and O–H groups in total. The number of fused-ring (bicyclic) bond motifs is 1. The molecule has 0 bridgehead atoms. The summed E-state index contributed by atoms with van der Waals surface area (Å²) in [5.74, 6) is 0.370. The number of rotatable bonds is 5. The maximum absolute atomic E-state index is 13.6. The van der Waals surface area contributed by atoms with Gasteiger partial charge in [-0.25, -0.2) is 17.7 Å².